The minimum atomic E-state index is -4.32. The Morgan fingerprint density at radius 3 is 2.47 bits per heavy atom. The molecule has 3 aromatic rings. The van der Waals surface area contributed by atoms with Crippen molar-refractivity contribution in [2.24, 2.45) is 0 Å². The predicted octanol–water partition coefficient (Wildman–Crippen LogP) is 5.21. The van der Waals surface area contributed by atoms with E-state index in [0.29, 0.717) is 33.8 Å². The van der Waals surface area contributed by atoms with Crippen molar-refractivity contribution < 1.29 is 22.8 Å². The molecule has 0 radical (unpaired) electrons. The Hall–Kier alpha value is -3.46. The molecule has 10 heteroatoms. The Balaban J connectivity index is 1.91. The average Bonchev–Trinajstić information content (AvgIpc) is 2.84. The third-order valence-electron chi connectivity index (χ3n) is 5.46. The van der Waals surface area contributed by atoms with Crippen LogP contribution in [0.5, 0.6) is 0 Å². The zero-order valence-corrected chi connectivity index (χ0v) is 20.3. The minimum Gasteiger partial charge on any atom is -0.345 e. The molecule has 0 aliphatic carbocycles. The number of hydrogen-bond acceptors (Lipinski definition) is 4. The number of nitrogens with zero attached hydrogens (tertiary/aromatic N) is 2. The van der Waals surface area contributed by atoms with E-state index in [1.807, 2.05) is 0 Å². The van der Waals surface area contributed by atoms with Gasteiger partial charge in [-0.05, 0) is 36.2 Å². The molecule has 0 spiro atoms. The Bertz CT molecular complexity index is 1290. The number of alkyl halides is 3. The number of ketones is 1. The highest BCUT2D eigenvalue weighted by atomic mass is 35.5. The molecule has 36 heavy (non-hydrogen) atoms. The first-order valence-electron chi connectivity index (χ1n) is 11.4. The summed E-state index contributed by atoms with van der Waals surface area (Å²) in [5.74, 6) is -0.339. The van der Waals surface area contributed by atoms with Crippen molar-refractivity contribution in [3.8, 4) is 11.3 Å². The van der Waals surface area contributed by atoms with Gasteiger partial charge in [-0.1, -0.05) is 42.8 Å². The first kappa shape index (κ1) is 27.1. The van der Waals surface area contributed by atoms with E-state index in [9.17, 15) is 27.6 Å². The van der Waals surface area contributed by atoms with Gasteiger partial charge < -0.3 is 5.32 Å². The fourth-order valence-corrected chi connectivity index (χ4v) is 3.65. The summed E-state index contributed by atoms with van der Waals surface area (Å²) >= 11 is 5.93. The van der Waals surface area contributed by atoms with E-state index in [1.165, 1.54) is 10.6 Å². The minimum absolute atomic E-state index is 0.0170. The number of aryl methyl sites for hydroxylation is 1. The molecule has 0 atom stereocenters. The van der Waals surface area contributed by atoms with Gasteiger partial charge in [0.15, 0.2) is 5.78 Å². The van der Waals surface area contributed by atoms with Gasteiger partial charge >= 0.3 is 6.18 Å². The van der Waals surface area contributed by atoms with E-state index in [2.05, 4.69) is 10.3 Å². The highest BCUT2D eigenvalue weighted by Gasteiger charge is 2.26. The first-order valence-corrected chi connectivity index (χ1v) is 11.8. The molecule has 0 fully saturated rings. The molecular formula is C26H25ClF3N3O3. The zero-order valence-electron chi connectivity index (χ0n) is 19.6. The van der Waals surface area contributed by atoms with Crippen LogP contribution in [-0.2, 0) is 17.8 Å². The maximum Gasteiger partial charge on any atom is 0.389 e. The molecule has 1 heterocycles. The fraction of sp³-hybridized carbons (Fsp3) is 0.308. The summed E-state index contributed by atoms with van der Waals surface area (Å²) in [6.07, 6.45) is -5.30. The molecule has 6 nitrogen and oxygen atoms in total. The largest absolute Gasteiger partial charge is 0.389 e. The van der Waals surface area contributed by atoms with Gasteiger partial charge in [0.2, 0.25) is 0 Å². The maximum absolute atomic E-state index is 13.1. The number of Topliss-reactive ketones (excluding diaryl/α,β-unsaturated/α-hetero) is 1. The monoisotopic (exact) mass is 519 g/mol. The van der Waals surface area contributed by atoms with Crippen LogP contribution >= 0.6 is 11.6 Å². The van der Waals surface area contributed by atoms with Crippen LogP contribution in [0.15, 0.2) is 59.4 Å². The van der Waals surface area contributed by atoms with Gasteiger partial charge in [-0.2, -0.15) is 13.2 Å². The predicted molar refractivity (Wildman–Crippen MR) is 131 cm³/mol. The summed E-state index contributed by atoms with van der Waals surface area (Å²) in [7, 11) is 0. The van der Waals surface area contributed by atoms with Crippen LogP contribution in [0.4, 0.5) is 13.2 Å². The molecular weight excluding hydrogens is 495 g/mol. The highest BCUT2D eigenvalue weighted by Crippen LogP contribution is 2.23. The van der Waals surface area contributed by atoms with E-state index in [4.69, 9.17) is 11.6 Å². The van der Waals surface area contributed by atoms with E-state index in [-0.39, 0.29) is 37.5 Å². The molecule has 1 aromatic heterocycles. The number of nitrogens with one attached hydrogen (secondary N) is 1. The Morgan fingerprint density at radius 1 is 1.08 bits per heavy atom. The number of hydrogen-bond donors (Lipinski definition) is 1. The normalized spacial score (nSPS) is 11.4. The standard InChI is InChI=1S/C26H25ClF3N3O3/c1-2-21(34)15-31-25(36)19-6-3-5-17(13-19)16-33-23(7-4-12-26(28,29)30)32-22(14-24(33)35)18-8-10-20(27)11-9-18/h3,5-6,8-11,13-14H,2,4,7,12,15-16H2,1H3,(H,31,36). The molecule has 0 aliphatic rings. The van der Waals surface area contributed by atoms with Crippen LogP contribution in [0.2, 0.25) is 5.02 Å². The van der Waals surface area contributed by atoms with E-state index >= 15 is 0 Å². The summed E-state index contributed by atoms with van der Waals surface area (Å²) in [6.45, 7) is 1.63. The number of rotatable bonds is 10. The van der Waals surface area contributed by atoms with E-state index < -0.39 is 24.1 Å². The second-order valence-electron chi connectivity index (χ2n) is 8.23. The van der Waals surface area contributed by atoms with Gasteiger partial charge in [-0.25, -0.2) is 4.98 Å². The van der Waals surface area contributed by atoms with Crippen LogP contribution < -0.4 is 10.9 Å². The molecule has 0 unspecified atom stereocenters. The van der Waals surface area contributed by atoms with Crippen LogP contribution in [0, 0.1) is 0 Å². The Kier molecular flexibility index (Phi) is 9.03. The lowest BCUT2D eigenvalue weighted by atomic mass is 10.1. The van der Waals surface area contributed by atoms with Gasteiger partial charge in [0.25, 0.3) is 11.5 Å². The lowest BCUT2D eigenvalue weighted by Crippen LogP contribution is -2.29. The zero-order chi connectivity index (χ0) is 26.3. The van der Waals surface area contributed by atoms with Crippen molar-refractivity contribution in [2.75, 3.05) is 6.54 Å². The van der Waals surface area contributed by atoms with Crippen molar-refractivity contribution in [2.45, 2.75) is 45.3 Å². The number of benzene rings is 2. The van der Waals surface area contributed by atoms with Crippen LogP contribution in [0.3, 0.4) is 0 Å². The summed E-state index contributed by atoms with van der Waals surface area (Å²) in [5.41, 5.74) is 1.41. The van der Waals surface area contributed by atoms with Gasteiger partial charge in [0, 0.05) is 41.5 Å². The molecule has 0 aliphatic heterocycles. The fourth-order valence-electron chi connectivity index (χ4n) is 3.53. The molecule has 3 rings (SSSR count). The van der Waals surface area contributed by atoms with Gasteiger partial charge in [0.1, 0.15) is 5.82 Å². The summed E-state index contributed by atoms with van der Waals surface area (Å²) in [6, 6.07) is 14.4. The molecule has 1 N–H and O–H groups in total. The number of halogens is 4. The van der Waals surface area contributed by atoms with Crippen molar-refractivity contribution >= 4 is 23.3 Å². The number of carbonyl (C=O) groups excluding carboxylic acids is 2. The van der Waals surface area contributed by atoms with Crippen LogP contribution in [-0.4, -0.2) is 34.0 Å². The first-order chi connectivity index (χ1) is 17.1. The quantitative estimate of drug-likeness (QED) is 0.399. The lowest BCUT2D eigenvalue weighted by Gasteiger charge is -2.15. The van der Waals surface area contributed by atoms with Crippen LogP contribution in [0.25, 0.3) is 11.3 Å². The maximum atomic E-state index is 13.1. The third-order valence-corrected chi connectivity index (χ3v) is 5.71. The van der Waals surface area contributed by atoms with Crippen molar-refractivity contribution in [1.29, 1.82) is 0 Å². The van der Waals surface area contributed by atoms with Crippen molar-refractivity contribution in [3.63, 3.8) is 0 Å². The van der Waals surface area contributed by atoms with Gasteiger partial charge in [0.05, 0.1) is 18.8 Å². The molecule has 2 aromatic carbocycles. The summed E-state index contributed by atoms with van der Waals surface area (Å²) < 4.78 is 39.6. The third kappa shape index (κ3) is 7.78. The van der Waals surface area contributed by atoms with Gasteiger partial charge in [-0.3, -0.25) is 19.0 Å². The highest BCUT2D eigenvalue weighted by molar-refractivity contribution is 6.30. The molecule has 190 valence electrons. The SMILES string of the molecule is CCC(=O)CNC(=O)c1cccc(Cn2c(CCCC(F)(F)F)nc(-c3ccc(Cl)cc3)cc2=O)c1. The summed E-state index contributed by atoms with van der Waals surface area (Å²) in [5, 5.41) is 3.05. The van der Waals surface area contributed by atoms with E-state index in [0.717, 1.165) is 0 Å². The molecule has 0 saturated carbocycles. The second-order valence-corrected chi connectivity index (χ2v) is 8.67. The Morgan fingerprint density at radius 2 is 1.81 bits per heavy atom. The summed E-state index contributed by atoms with van der Waals surface area (Å²) in [4.78, 5) is 41.4. The van der Waals surface area contributed by atoms with Crippen LogP contribution in [0.1, 0.15) is 47.9 Å². The van der Waals surface area contributed by atoms with Crippen molar-refractivity contribution in [3.05, 3.63) is 86.9 Å². The molecule has 1 amide bonds. The smallest absolute Gasteiger partial charge is 0.345 e. The van der Waals surface area contributed by atoms with Gasteiger partial charge in [-0.15, -0.1) is 0 Å². The number of carbonyl (C=O) groups is 2. The topological polar surface area (TPSA) is 81.1 Å². The Labute approximate surface area is 211 Å². The van der Waals surface area contributed by atoms with Crippen molar-refractivity contribution in [1.82, 2.24) is 14.9 Å². The average molecular weight is 520 g/mol. The molecule has 0 bridgehead atoms. The lowest BCUT2D eigenvalue weighted by molar-refractivity contribution is -0.135. The second kappa shape index (κ2) is 12.0. The molecule has 0 saturated heterocycles. The van der Waals surface area contributed by atoms with E-state index in [1.54, 1.807) is 55.5 Å². The number of amides is 1. The number of aromatic nitrogens is 2.